The molecule has 3 atom stereocenters. The van der Waals surface area contributed by atoms with E-state index in [1.54, 1.807) is 30.5 Å². The molecule has 244 valence electrons. The molecule has 2 aromatic carbocycles. The summed E-state index contributed by atoms with van der Waals surface area (Å²) in [6.45, 7) is 3.68. The summed E-state index contributed by atoms with van der Waals surface area (Å²) >= 11 is 0. The maximum absolute atomic E-state index is 17.1. The summed E-state index contributed by atoms with van der Waals surface area (Å²) in [6, 6.07) is 7.75. The molecule has 13 heteroatoms. The monoisotopic (exact) mass is 650 g/mol. The van der Waals surface area contributed by atoms with Gasteiger partial charge in [-0.3, -0.25) is 9.88 Å². The first kappa shape index (κ1) is 30.0. The zero-order chi connectivity index (χ0) is 33.2. The smallest absolute Gasteiger partial charge is 0.319 e. The summed E-state index contributed by atoms with van der Waals surface area (Å²) in [5.74, 6) is 2.47. The molecule has 0 bridgehead atoms. The van der Waals surface area contributed by atoms with Crippen molar-refractivity contribution in [2.45, 2.75) is 43.9 Å². The molecule has 2 fully saturated rings. The van der Waals surface area contributed by atoms with Gasteiger partial charge in [-0.05, 0) is 49.9 Å². The Labute approximate surface area is 274 Å². The van der Waals surface area contributed by atoms with E-state index >= 15 is 4.39 Å². The summed E-state index contributed by atoms with van der Waals surface area (Å²) in [4.78, 5) is 26.8. The Bertz CT molecular complexity index is 2140. The second-order valence-electron chi connectivity index (χ2n) is 12.6. The van der Waals surface area contributed by atoms with Crippen molar-refractivity contribution in [2.75, 3.05) is 43.5 Å². The number of nitrogens with zero attached hydrogens (tertiary/aromatic N) is 7. The Kier molecular flexibility index (Phi) is 7.14. The molecule has 0 saturated carbocycles. The third-order valence-electron chi connectivity index (χ3n) is 9.78. The fourth-order valence-electron chi connectivity index (χ4n) is 7.58. The van der Waals surface area contributed by atoms with Gasteiger partial charge in [0.05, 0.1) is 18.1 Å². The summed E-state index contributed by atoms with van der Waals surface area (Å²) in [7, 11) is 0. The highest BCUT2D eigenvalue weighted by molar-refractivity contribution is 6.04. The third-order valence-corrected chi connectivity index (χ3v) is 9.78. The van der Waals surface area contributed by atoms with Crippen molar-refractivity contribution in [3.8, 4) is 41.2 Å². The molecule has 0 unspecified atom stereocenters. The number of alkyl halides is 1. The summed E-state index contributed by atoms with van der Waals surface area (Å²) in [6.07, 6.45) is 10.0. The van der Waals surface area contributed by atoms with Crippen LogP contribution in [0.15, 0.2) is 42.7 Å². The van der Waals surface area contributed by atoms with E-state index in [4.69, 9.17) is 26.6 Å². The number of aromatic nitrogens is 5. The number of nitrogen functional groups attached to an aromatic ring is 1. The van der Waals surface area contributed by atoms with Gasteiger partial charge in [-0.2, -0.15) is 9.97 Å². The van der Waals surface area contributed by atoms with Gasteiger partial charge in [0.15, 0.2) is 5.82 Å². The van der Waals surface area contributed by atoms with Crippen LogP contribution >= 0.6 is 0 Å². The Balaban J connectivity index is 1.33. The van der Waals surface area contributed by atoms with Crippen molar-refractivity contribution >= 4 is 33.3 Å². The lowest BCUT2D eigenvalue weighted by Gasteiger charge is -2.31. The average Bonchev–Trinajstić information content (AvgIpc) is 3.54. The number of benzene rings is 2. The highest BCUT2D eigenvalue weighted by Gasteiger charge is 2.49. The van der Waals surface area contributed by atoms with Crippen molar-refractivity contribution in [2.24, 2.45) is 0 Å². The fourth-order valence-corrected chi connectivity index (χ4v) is 7.58. The van der Waals surface area contributed by atoms with Gasteiger partial charge in [0.2, 0.25) is 5.88 Å². The number of nitrogens with two attached hydrogens (primary N) is 1. The van der Waals surface area contributed by atoms with Crippen LogP contribution in [-0.4, -0.2) is 79.5 Å². The van der Waals surface area contributed by atoms with Crippen molar-refractivity contribution in [1.29, 1.82) is 0 Å². The van der Waals surface area contributed by atoms with Gasteiger partial charge in [-0.15, -0.1) is 6.42 Å². The van der Waals surface area contributed by atoms with Crippen LogP contribution in [0, 0.1) is 18.2 Å². The topological polar surface area (TPSA) is 136 Å². The zero-order valence-corrected chi connectivity index (χ0v) is 26.2. The molecule has 0 aliphatic carbocycles. The molecule has 0 spiro atoms. The molecular formula is C35H32F2N8O3. The van der Waals surface area contributed by atoms with E-state index in [9.17, 15) is 9.50 Å². The number of phenolic OH excluding ortho intramolecular Hbond substituents is 1. The molecular weight excluding hydrogens is 618 g/mol. The maximum atomic E-state index is 17.1. The quantitative estimate of drug-likeness (QED) is 0.242. The van der Waals surface area contributed by atoms with Crippen molar-refractivity contribution in [1.82, 2.24) is 29.8 Å². The number of rotatable bonds is 6. The standard InChI is InChI=1S/C35H32F2N8O3/c1-3-20-6-4-7-21-14-23(46)15-24(25(20)21)29-27(37)30-26-32(43-34(42-30)48-18-35-8-5-11-44(35)17-22(36)16-35)45(12-13-47-33(26)41-29)19(2)28-31(38)40-10-9-39-28/h1,4,6-7,9-10,14-15,19,22,46H,5,8,11-13,16-18H2,2H3,(H2,38,40)/t19-,22-,35+/m1/s1. The minimum atomic E-state index is -0.944. The molecule has 2 saturated heterocycles. The molecule has 3 aliphatic heterocycles. The first-order valence-corrected chi connectivity index (χ1v) is 15.9. The fraction of sp³-hybridized carbons (Fsp3) is 0.343. The molecule has 6 heterocycles. The van der Waals surface area contributed by atoms with Gasteiger partial charge in [0.1, 0.15) is 59.1 Å². The number of terminal acetylenes is 1. The van der Waals surface area contributed by atoms with E-state index in [1.807, 2.05) is 11.8 Å². The Morgan fingerprint density at radius 3 is 2.88 bits per heavy atom. The van der Waals surface area contributed by atoms with Gasteiger partial charge in [0, 0.05) is 41.9 Å². The second-order valence-corrected chi connectivity index (χ2v) is 12.6. The number of hydrogen-bond acceptors (Lipinski definition) is 11. The van der Waals surface area contributed by atoms with Gasteiger partial charge in [-0.1, -0.05) is 18.1 Å². The van der Waals surface area contributed by atoms with Crippen LogP contribution in [0.3, 0.4) is 0 Å². The predicted molar refractivity (Wildman–Crippen MR) is 176 cm³/mol. The van der Waals surface area contributed by atoms with Crippen LogP contribution < -0.4 is 20.1 Å². The number of anilines is 2. The highest BCUT2D eigenvalue weighted by atomic mass is 19.1. The van der Waals surface area contributed by atoms with Gasteiger partial charge in [0.25, 0.3) is 0 Å². The van der Waals surface area contributed by atoms with Gasteiger partial charge < -0.3 is 25.2 Å². The lowest BCUT2D eigenvalue weighted by atomic mass is 9.95. The van der Waals surface area contributed by atoms with Crippen LogP contribution in [0.4, 0.5) is 20.4 Å². The molecule has 3 aliphatic rings. The second kappa shape index (κ2) is 11.4. The average molecular weight is 651 g/mol. The summed E-state index contributed by atoms with van der Waals surface area (Å²) in [5.41, 5.74) is 6.85. The van der Waals surface area contributed by atoms with E-state index in [0.717, 1.165) is 19.4 Å². The number of pyridine rings is 1. The van der Waals surface area contributed by atoms with Gasteiger partial charge in [-0.25, -0.2) is 18.7 Å². The Hall–Kier alpha value is -5.35. The predicted octanol–water partition coefficient (Wildman–Crippen LogP) is 4.96. The normalized spacial score (nSPS) is 21.1. The SMILES string of the molecule is C#Cc1cccc2cc(O)cc(-c3nc4c5c(nc(OC[C@@]67CCCN6C[C@H](F)C7)nc5c3F)N([C@H](C)c3nccnc3N)CCO4)c12. The first-order chi connectivity index (χ1) is 23.3. The van der Waals surface area contributed by atoms with E-state index in [1.165, 1.54) is 12.3 Å². The maximum Gasteiger partial charge on any atom is 0.319 e. The van der Waals surface area contributed by atoms with Crippen LogP contribution in [0.2, 0.25) is 0 Å². The van der Waals surface area contributed by atoms with Crippen LogP contribution in [0.1, 0.15) is 43.5 Å². The molecule has 0 radical (unpaired) electrons. The Morgan fingerprint density at radius 2 is 2.04 bits per heavy atom. The van der Waals surface area contributed by atoms with Crippen LogP contribution in [0.25, 0.3) is 32.9 Å². The number of ether oxygens (including phenoxy) is 2. The summed E-state index contributed by atoms with van der Waals surface area (Å²) in [5, 5.41) is 12.1. The number of phenols is 1. The minimum absolute atomic E-state index is 0.0701. The van der Waals surface area contributed by atoms with Crippen molar-refractivity contribution in [3.63, 3.8) is 0 Å². The molecule has 5 aromatic rings. The number of fused-ring (bicyclic) bond motifs is 2. The lowest BCUT2D eigenvalue weighted by Crippen LogP contribution is -2.43. The first-order valence-electron chi connectivity index (χ1n) is 15.9. The van der Waals surface area contributed by atoms with E-state index in [2.05, 4.69) is 30.8 Å². The summed E-state index contributed by atoms with van der Waals surface area (Å²) < 4.78 is 44.1. The van der Waals surface area contributed by atoms with E-state index in [0.29, 0.717) is 47.4 Å². The van der Waals surface area contributed by atoms with E-state index < -0.39 is 23.6 Å². The molecule has 3 aromatic heterocycles. The number of aromatic hydroxyl groups is 1. The lowest BCUT2D eigenvalue weighted by molar-refractivity contribution is 0.107. The zero-order valence-electron chi connectivity index (χ0n) is 26.2. The van der Waals surface area contributed by atoms with Crippen molar-refractivity contribution < 1.29 is 23.4 Å². The van der Waals surface area contributed by atoms with Gasteiger partial charge >= 0.3 is 6.01 Å². The molecule has 11 nitrogen and oxygen atoms in total. The third kappa shape index (κ3) is 4.78. The van der Waals surface area contributed by atoms with Crippen LogP contribution in [-0.2, 0) is 0 Å². The number of hydrogen-bond donors (Lipinski definition) is 2. The largest absolute Gasteiger partial charge is 0.508 e. The van der Waals surface area contributed by atoms with Crippen LogP contribution in [0.5, 0.6) is 17.6 Å². The number of halogens is 2. The van der Waals surface area contributed by atoms with E-state index in [-0.39, 0.29) is 58.8 Å². The molecule has 8 rings (SSSR count). The highest BCUT2D eigenvalue weighted by Crippen LogP contribution is 2.45. The molecule has 3 N–H and O–H groups in total. The van der Waals surface area contributed by atoms with Crippen molar-refractivity contribution in [3.05, 3.63) is 59.8 Å². The molecule has 0 amide bonds. The Morgan fingerprint density at radius 1 is 1.19 bits per heavy atom. The minimum Gasteiger partial charge on any atom is -0.508 e. The molecule has 48 heavy (non-hydrogen) atoms.